The summed E-state index contributed by atoms with van der Waals surface area (Å²) in [4.78, 5) is 251. The maximum atomic E-state index is 14.2. The van der Waals surface area contributed by atoms with Gasteiger partial charge in [-0.25, -0.2) is 0 Å². The van der Waals surface area contributed by atoms with Crippen molar-refractivity contribution in [3.05, 3.63) is 59.1 Å². The molecule has 0 radical (unpaired) electrons. The second-order valence-corrected chi connectivity index (χ2v) is 34.9. The fourth-order valence-electron chi connectivity index (χ4n) is 14.9. The number of carbonyl (C=O) groups is 20. The molecule has 147 heavy (non-hydrogen) atoms. The first-order valence-corrected chi connectivity index (χ1v) is 49.6. The van der Waals surface area contributed by atoms with Crippen LogP contribution in [0.3, 0.4) is 0 Å². The second-order valence-electron chi connectivity index (χ2n) is 34.9. The van der Waals surface area contributed by atoms with Gasteiger partial charge in [-0.05, 0) is 76.2 Å². The Balaban J connectivity index is 1.39. The molecule has 3 heterocycles. The number of amides is 10. The van der Waals surface area contributed by atoms with Gasteiger partial charge in [0.2, 0.25) is 64.8 Å². The van der Waals surface area contributed by atoms with Crippen LogP contribution in [0.4, 0.5) is 0 Å². The molecule has 10 amide bonds. The molecular weight excluding hydrogens is 1940 g/mol. The molecule has 10 N–H and O–H groups in total. The van der Waals surface area contributed by atoms with E-state index in [9.17, 15) is 95.9 Å². The van der Waals surface area contributed by atoms with Gasteiger partial charge in [-0.15, -0.1) is 0 Å². The zero-order chi connectivity index (χ0) is 108. The molecular formula is C98H150N10O39. The molecule has 0 saturated carbocycles. The molecule has 0 aromatic heterocycles. The highest BCUT2D eigenvalue weighted by atomic mass is 16.7. The monoisotopic (exact) mass is 2090 g/mol. The summed E-state index contributed by atoms with van der Waals surface area (Å²) in [5.41, 5.74) is -0.877. The molecule has 0 aliphatic carbocycles. The van der Waals surface area contributed by atoms with Gasteiger partial charge in [-0.1, -0.05) is 68.9 Å². The van der Waals surface area contributed by atoms with Crippen LogP contribution in [0, 0.1) is 0 Å². The molecule has 2 fully saturated rings. The fraction of sp³-hybridized carbons (Fsp3) is 0.694. The van der Waals surface area contributed by atoms with E-state index in [0.29, 0.717) is 77.0 Å². The number of benzene rings is 1. The van der Waals surface area contributed by atoms with Crippen LogP contribution in [0.2, 0.25) is 0 Å². The molecule has 1 aromatic rings. The lowest BCUT2D eigenvalue weighted by Gasteiger charge is -2.44. The van der Waals surface area contributed by atoms with Crippen molar-refractivity contribution in [2.45, 2.75) is 323 Å². The second kappa shape index (κ2) is 72.7. The van der Waals surface area contributed by atoms with Gasteiger partial charge in [0.15, 0.2) is 54.6 Å². The van der Waals surface area contributed by atoms with E-state index < -0.39 is 194 Å². The maximum Gasteiger partial charge on any atom is 0.309 e. The van der Waals surface area contributed by atoms with Crippen molar-refractivity contribution in [1.29, 1.82) is 0 Å². The van der Waals surface area contributed by atoms with Gasteiger partial charge >= 0.3 is 65.6 Å². The molecule has 49 nitrogen and oxygen atoms in total. The van der Waals surface area contributed by atoms with Crippen LogP contribution in [0.1, 0.15) is 249 Å². The Labute approximate surface area is 854 Å². The number of esters is 10. The number of rotatable bonds is 74. The largest absolute Gasteiger partial charge is 0.464 e. The van der Waals surface area contributed by atoms with E-state index in [-0.39, 0.29) is 198 Å². The minimum Gasteiger partial charge on any atom is -0.464 e. The van der Waals surface area contributed by atoms with Crippen LogP contribution in [-0.4, -0.2) is 310 Å². The van der Waals surface area contributed by atoms with Crippen LogP contribution < -0.4 is 53.2 Å². The first-order chi connectivity index (χ1) is 70.1. The molecule has 4 rings (SSSR count). The van der Waals surface area contributed by atoms with Gasteiger partial charge in [0.05, 0.1) is 46.2 Å². The Bertz CT molecular complexity index is 4310. The van der Waals surface area contributed by atoms with Gasteiger partial charge in [-0.3, -0.25) is 95.9 Å². The van der Waals surface area contributed by atoms with Crippen molar-refractivity contribution in [2.24, 2.45) is 0 Å². The minimum atomic E-state index is -1.49. The number of hydrogen-bond acceptors (Lipinski definition) is 39. The Hall–Kier alpha value is -12.6. The first-order valence-electron chi connectivity index (χ1n) is 49.6. The predicted molar refractivity (Wildman–Crippen MR) is 512 cm³/mol. The minimum absolute atomic E-state index is 0.0179. The van der Waals surface area contributed by atoms with E-state index in [4.69, 9.17) is 90.0 Å². The van der Waals surface area contributed by atoms with Gasteiger partial charge in [0.1, 0.15) is 56.3 Å². The number of carbonyl (C=O) groups excluding carboxylic acids is 20. The van der Waals surface area contributed by atoms with E-state index >= 15 is 0 Å². The third kappa shape index (κ3) is 56.8. The summed E-state index contributed by atoms with van der Waals surface area (Å²) in [6, 6.07) is 7.06. The summed E-state index contributed by atoms with van der Waals surface area (Å²) >= 11 is 0. The topological polar surface area (TPSA) is 637 Å². The fourth-order valence-corrected chi connectivity index (χ4v) is 14.9. The van der Waals surface area contributed by atoms with E-state index in [0.717, 1.165) is 107 Å². The highest BCUT2D eigenvalue weighted by molar-refractivity contribution is 5.81. The number of hydrogen-bond donors (Lipinski definition) is 10. The summed E-state index contributed by atoms with van der Waals surface area (Å²) in [6.45, 7) is 11.9. The third-order valence-electron chi connectivity index (χ3n) is 21.5. The molecule has 11 atom stereocenters. The molecule has 3 aliphatic heterocycles. The van der Waals surface area contributed by atoms with Crippen molar-refractivity contribution >= 4 is 119 Å². The maximum absolute atomic E-state index is 14.2. The molecule has 0 spiro atoms. The van der Waals surface area contributed by atoms with Crippen molar-refractivity contribution in [2.75, 3.05) is 119 Å². The van der Waals surface area contributed by atoms with Crippen molar-refractivity contribution in [1.82, 2.24) is 53.2 Å². The molecule has 1 aromatic carbocycles. The quantitative estimate of drug-likeness (QED) is 0.0254. The SMILES string of the molecule is CC(=O)NC1=C(OCCCCC(=O)NCCCNC(=O)CCOCC(COCCC(=O)NCCCNC(=O)CCCCO[C@@H]2OC(COC(C)=O)[C@@H](OC(C)=O)C(OC(C)=O)C2NC(C)=O)(COCCC(=O)NCCCNC(=O)CCCCO[C@@H]2OC(COC(C)=O)[C@@H](OC(C)=O)C(OC(C)=O)C2NC(C)=O)NC(=O)CCCCCCCCCCC(=O)OCc2ccccc2)OC(COC(C)=O)C(OC(C)=O)=C1OC(C)=O. The van der Waals surface area contributed by atoms with Crippen molar-refractivity contribution in [3.8, 4) is 0 Å². The highest BCUT2D eigenvalue weighted by Gasteiger charge is 2.53. The summed E-state index contributed by atoms with van der Waals surface area (Å²) in [7, 11) is 0. The number of ether oxygens (including phenoxy) is 19. The van der Waals surface area contributed by atoms with Crippen molar-refractivity contribution < 1.29 is 186 Å². The highest BCUT2D eigenvalue weighted by Crippen LogP contribution is 2.34. The van der Waals surface area contributed by atoms with Crippen LogP contribution in [0.25, 0.3) is 0 Å². The average molecular weight is 2090 g/mol. The molecule has 2 saturated heterocycles. The summed E-state index contributed by atoms with van der Waals surface area (Å²) in [5.74, 6) is -12.7. The predicted octanol–water partition coefficient (Wildman–Crippen LogP) is 3.05. The lowest BCUT2D eigenvalue weighted by atomic mass is 9.96. The Morgan fingerprint density at radius 1 is 0.333 bits per heavy atom. The first kappa shape index (κ1) is 127. The average Bonchev–Trinajstić information content (AvgIpc) is 0.792. The molecule has 3 aliphatic rings. The van der Waals surface area contributed by atoms with E-state index in [1.54, 1.807) is 0 Å². The lowest BCUT2D eigenvalue weighted by Crippen LogP contribution is -2.66. The third-order valence-corrected chi connectivity index (χ3v) is 21.5. The van der Waals surface area contributed by atoms with Gasteiger partial charge in [0.25, 0.3) is 0 Å². The smallest absolute Gasteiger partial charge is 0.309 e. The van der Waals surface area contributed by atoms with Crippen LogP contribution in [-0.2, 0) is 192 Å². The molecule has 7 unspecified atom stereocenters. The Morgan fingerprint density at radius 2 is 0.687 bits per heavy atom. The van der Waals surface area contributed by atoms with E-state index in [1.807, 2.05) is 30.3 Å². The van der Waals surface area contributed by atoms with Crippen LogP contribution >= 0.6 is 0 Å². The van der Waals surface area contributed by atoms with Crippen LogP contribution in [0.5, 0.6) is 0 Å². The molecule has 49 heteroatoms. The number of nitrogens with one attached hydrogen (secondary N) is 10. The summed E-state index contributed by atoms with van der Waals surface area (Å²) in [5, 5.41) is 27.5. The number of unbranched alkanes of at least 4 members (excludes halogenated alkanes) is 10. The van der Waals surface area contributed by atoms with E-state index in [2.05, 4.69) is 53.2 Å². The lowest BCUT2D eigenvalue weighted by molar-refractivity contribution is -0.277. The normalized spacial score (nSPS) is 18.7. The summed E-state index contributed by atoms with van der Waals surface area (Å²) < 4.78 is 108. The molecule has 826 valence electrons. The Kier molecular flexibility index (Phi) is 62.6. The van der Waals surface area contributed by atoms with E-state index in [1.165, 1.54) is 13.8 Å². The van der Waals surface area contributed by atoms with Gasteiger partial charge in [0, 0.05) is 187 Å². The van der Waals surface area contributed by atoms with Crippen LogP contribution in [0.15, 0.2) is 53.5 Å². The van der Waals surface area contributed by atoms with Crippen molar-refractivity contribution in [3.63, 3.8) is 0 Å². The van der Waals surface area contributed by atoms with Gasteiger partial charge < -0.3 is 143 Å². The molecule has 0 bridgehead atoms. The standard InChI is InChI=1S/C98H150N10O39/c1-62(109)105-86-92(142-71(10)118)89(139-68(7)115)75(56-135-65(4)112)145-95(86)132-49-27-24-35-78(121)99-43-30-46-102-81(124)40-52-129-59-98(108-84(127)38-22-17-15-13-14-16-18-23-39-85(128)138-55-74-33-20-19-21-34-74,60-130-53-41-82(125)103-47-31-44-100-79(122)36-25-28-50-133-96-87(106-63(2)110)93(143-72(11)119)90(140-69(8)116)76(146-96)57-136-66(5)113)61-131-54-42-83(126)104-48-32-45-101-80(123)37-26-29-51-134-97-88(107-64(3)111)94(144-73(12)120)91(141-70(9)117)77(147-97)58-137-67(6)114/h19-21,33-34,75-77,86-87,89-90,92-93,95-96H,13-18,22-32,35-61H2,1-12H3,(H,99,121)(H,100,122)(H,101,123)(H,102,124)(H,103,125)(H,104,126)(H,105,109)(H,106,110)(H,107,111)(H,108,127)/t75?,76?,77?,86?,87?,89-,90-,92?,93?,95-,96-,98?/m1/s1. The zero-order valence-electron chi connectivity index (χ0n) is 86.3. The Morgan fingerprint density at radius 3 is 1.06 bits per heavy atom. The summed E-state index contributed by atoms with van der Waals surface area (Å²) in [6.07, 6.45) is -2.45. The van der Waals surface area contributed by atoms with Gasteiger partial charge in [-0.2, -0.15) is 0 Å². The zero-order valence-corrected chi connectivity index (χ0v) is 86.3.